The number of benzene rings is 2. The van der Waals surface area contributed by atoms with Gasteiger partial charge in [0.1, 0.15) is 18.1 Å². The number of nitrogens with zero attached hydrogens (tertiary/aromatic N) is 2. The lowest BCUT2D eigenvalue weighted by atomic mass is 9.93. The molecule has 0 saturated heterocycles. The molecule has 4 aromatic rings. The van der Waals surface area contributed by atoms with E-state index in [2.05, 4.69) is 4.98 Å². The van der Waals surface area contributed by atoms with Crippen LogP contribution in [0.2, 0.25) is 0 Å². The molecule has 0 radical (unpaired) electrons. The molecule has 0 spiro atoms. The summed E-state index contributed by atoms with van der Waals surface area (Å²) in [6.45, 7) is 1.85. The Morgan fingerprint density at radius 2 is 1.94 bits per heavy atom. The van der Waals surface area contributed by atoms with Gasteiger partial charge in [0.05, 0.1) is 11.8 Å². The molecule has 32 heavy (non-hydrogen) atoms. The molecular weight excluding hydrogens is 407 g/mol. The van der Waals surface area contributed by atoms with Crippen molar-refractivity contribution in [1.82, 2.24) is 9.38 Å². The molecular formula is C26H23FN2O3. The predicted molar refractivity (Wildman–Crippen MR) is 119 cm³/mol. The van der Waals surface area contributed by atoms with Gasteiger partial charge in [-0.2, -0.15) is 0 Å². The minimum Gasteiger partial charge on any atom is -0.485 e. The zero-order chi connectivity index (χ0) is 22.2. The van der Waals surface area contributed by atoms with Crippen LogP contribution in [0.4, 0.5) is 4.39 Å². The molecule has 2 aromatic heterocycles. The van der Waals surface area contributed by atoms with E-state index in [4.69, 9.17) is 4.74 Å². The average molecular weight is 430 g/mol. The summed E-state index contributed by atoms with van der Waals surface area (Å²) in [6.07, 6.45) is 1.97. The van der Waals surface area contributed by atoms with Crippen molar-refractivity contribution in [3.63, 3.8) is 0 Å². The van der Waals surface area contributed by atoms with Crippen LogP contribution in [-0.2, 0) is 13.0 Å². The van der Waals surface area contributed by atoms with Crippen molar-refractivity contribution in [2.75, 3.05) is 0 Å². The lowest BCUT2D eigenvalue weighted by Crippen LogP contribution is -2.18. The molecule has 0 unspecified atom stereocenters. The van der Waals surface area contributed by atoms with E-state index >= 15 is 0 Å². The molecule has 0 amide bonds. The van der Waals surface area contributed by atoms with Gasteiger partial charge in [0.15, 0.2) is 17.2 Å². The zero-order valence-electron chi connectivity index (χ0n) is 17.7. The van der Waals surface area contributed by atoms with Gasteiger partial charge in [-0.05, 0) is 42.7 Å². The summed E-state index contributed by atoms with van der Waals surface area (Å²) < 4.78 is 21.5. The number of aliphatic hydroxyl groups excluding tert-OH is 1. The third-order valence-electron chi connectivity index (χ3n) is 6.15. The first-order valence-corrected chi connectivity index (χ1v) is 10.7. The zero-order valence-corrected chi connectivity index (χ0v) is 17.7. The molecule has 1 aliphatic carbocycles. The molecule has 6 heteroatoms. The number of Topliss-reactive ketones (excluding diaryl/α,β-unsaturated/α-hetero) is 1. The van der Waals surface area contributed by atoms with E-state index in [0.717, 1.165) is 11.1 Å². The number of carbonyl (C=O) groups is 1. The maximum atomic E-state index is 13.9. The third kappa shape index (κ3) is 3.56. The molecule has 0 aliphatic heterocycles. The van der Waals surface area contributed by atoms with Crippen LogP contribution in [-0.4, -0.2) is 26.4 Å². The molecule has 5 rings (SSSR count). The topological polar surface area (TPSA) is 63.8 Å². The van der Waals surface area contributed by atoms with Crippen molar-refractivity contribution in [1.29, 1.82) is 0 Å². The minimum atomic E-state index is -0.574. The number of fused-ring (bicyclic) bond motifs is 2. The monoisotopic (exact) mass is 430 g/mol. The van der Waals surface area contributed by atoms with Gasteiger partial charge in [0.2, 0.25) is 0 Å². The van der Waals surface area contributed by atoms with Crippen LogP contribution in [0.1, 0.15) is 45.2 Å². The summed E-state index contributed by atoms with van der Waals surface area (Å²) in [5.41, 5.74) is 4.16. The highest BCUT2D eigenvalue weighted by molar-refractivity contribution is 5.97. The second kappa shape index (κ2) is 8.20. The van der Waals surface area contributed by atoms with Gasteiger partial charge in [-0.1, -0.05) is 42.5 Å². The maximum absolute atomic E-state index is 13.9. The van der Waals surface area contributed by atoms with Crippen molar-refractivity contribution in [2.24, 2.45) is 0 Å². The molecule has 5 nitrogen and oxygen atoms in total. The van der Waals surface area contributed by atoms with E-state index in [1.807, 2.05) is 24.3 Å². The Morgan fingerprint density at radius 1 is 1.16 bits per heavy atom. The van der Waals surface area contributed by atoms with Gasteiger partial charge in [-0.15, -0.1) is 0 Å². The fourth-order valence-corrected chi connectivity index (χ4v) is 4.57. The van der Waals surface area contributed by atoms with Crippen LogP contribution in [0.3, 0.4) is 0 Å². The van der Waals surface area contributed by atoms with Crippen molar-refractivity contribution >= 4 is 11.4 Å². The first kappa shape index (κ1) is 20.4. The quantitative estimate of drug-likeness (QED) is 0.453. The molecule has 2 heterocycles. The van der Waals surface area contributed by atoms with E-state index in [9.17, 15) is 14.3 Å². The van der Waals surface area contributed by atoms with Crippen LogP contribution >= 0.6 is 0 Å². The summed E-state index contributed by atoms with van der Waals surface area (Å²) in [5, 5.41) is 10.6. The van der Waals surface area contributed by atoms with Crippen molar-refractivity contribution in [2.45, 2.75) is 38.4 Å². The molecule has 2 atom stereocenters. The predicted octanol–water partition coefficient (Wildman–Crippen LogP) is 4.63. The van der Waals surface area contributed by atoms with Gasteiger partial charge in [0, 0.05) is 24.1 Å². The first-order valence-electron chi connectivity index (χ1n) is 10.7. The highest BCUT2D eigenvalue weighted by atomic mass is 19.1. The van der Waals surface area contributed by atoms with Gasteiger partial charge >= 0.3 is 0 Å². The van der Waals surface area contributed by atoms with Gasteiger partial charge in [0.25, 0.3) is 0 Å². The van der Waals surface area contributed by atoms with Crippen LogP contribution < -0.4 is 4.74 Å². The SMILES string of the molecule is Cc1nc2c(OCc3ccccc3F)cccn2c1C(=O)C[C@@H]1c2ccccc2C[C@H]1O. The maximum Gasteiger partial charge on any atom is 0.182 e. The smallest absolute Gasteiger partial charge is 0.182 e. The number of aryl methyl sites for hydroxylation is 1. The van der Waals surface area contributed by atoms with Gasteiger partial charge < -0.3 is 9.84 Å². The fourth-order valence-electron chi connectivity index (χ4n) is 4.57. The van der Waals surface area contributed by atoms with Crippen molar-refractivity contribution in [3.05, 3.63) is 101 Å². The van der Waals surface area contributed by atoms with Gasteiger partial charge in [-0.3, -0.25) is 9.20 Å². The van der Waals surface area contributed by atoms with Crippen LogP contribution in [0, 0.1) is 12.7 Å². The second-order valence-corrected chi connectivity index (χ2v) is 8.20. The molecule has 1 N–H and O–H groups in total. The van der Waals surface area contributed by atoms with E-state index in [1.165, 1.54) is 6.07 Å². The van der Waals surface area contributed by atoms with E-state index in [1.54, 1.807) is 47.9 Å². The number of rotatable bonds is 6. The summed E-state index contributed by atoms with van der Waals surface area (Å²) in [6, 6.07) is 17.9. The molecule has 0 fully saturated rings. The first-order chi connectivity index (χ1) is 15.5. The number of hydrogen-bond acceptors (Lipinski definition) is 4. The van der Waals surface area contributed by atoms with Crippen LogP contribution in [0.5, 0.6) is 5.75 Å². The number of halogens is 1. The third-order valence-corrected chi connectivity index (χ3v) is 6.15. The molecule has 0 saturated carbocycles. The van der Waals surface area contributed by atoms with E-state index in [-0.39, 0.29) is 30.5 Å². The Morgan fingerprint density at radius 3 is 2.78 bits per heavy atom. The number of ether oxygens (including phenoxy) is 1. The number of aliphatic hydroxyl groups is 1. The summed E-state index contributed by atoms with van der Waals surface area (Å²) in [5.74, 6) is -0.166. The average Bonchev–Trinajstić information content (AvgIpc) is 3.29. The Balaban J connectivity index is 1.43. The Kier molecular flexibility index (Phi) is 5.23. The molecule has 0 bridgehead atoms. The van der Waals surface area contributed by atoms with Crippen molar-refractivity contribution in [3.8, 4) is 5.75 Å². The lowest BCUT2D eigenvalue weighted by molar-refractivity contribution is 0.0915. The number of pyridine rings is 1. The number of carbonyl (C=O) groups excluding carboxylic acids is 1. The van der Waals surface area contributed by atoms with Gasteiger partial charge in [-0.25, -0.2) is 9.37 Å². The van der Waals surface area contributed by atoms with Crippen LogP contribution in [0.15, 0.2) is 66.9 Å². The summed E-state index contributed by atoms with van der Waals surface area (Å²) in [7, 11) is 0. The highest BCUT2D eigenvalue weighted by Crippen LogP contribution is 2.37. The number of aromatic nitrogens is 2. The lowest BCUT2D eigenvalue weighted by Gasteiger charge is -2.15. The second-order valence-electron chi connectivity index (χ2n) is 8.20. The minimum absolute atomic E-state index is 0.0621. The Labute approximate surface area is 185 Å². The standard InChI is InChI=1S/C26H23FN2O3/c1-16-25(23(31)14-20-19-9-4-2-7-17(19)13-22(20)30)29-12-6-11-24(26(29)28-16)32-15-18-8-3-5-10-21(18)27/h2-12,20,22,30H,13-15H2,1H3/t20-,22-/m1/s1. The molecule has 1 aliphatic rings. The van der Waals surface area contributed by atoms with E-state index < -0.39 is 6.10 Å². The fraction of sp³-hybridized carbons (Fsp3) is 0.231. The summed E-state index contributed by atoms with van der Waals surface area (Å²) in [4.78, 5) is 17.9. The molecule has 162 valence electrons. The van der Waals surface area contributed by atoms with Crippen molar-refractivity contribution < 1.29 is 19.0 Å². The highest BCUT2D eigenvalue weighted by Gasteiger charge is 2.33. The molecule has 2 aromatic carbocycles. The van der Waals surface area contributed by atoms with Crippen LogP contribution in [0.25, 0.3) is 5.65 Å². The normalized spacial score (nSPS) is 17.5. The largest absolute Gasteiger partial charge is 0.485 e. The Hall–Kier alpha value is -3.51. The Bertz CT molecular complexity index is 1310. The number of ketones is 1. The van der Waals surface area contributed by atoms with E-state index in [0.29, 0.717) is 34.8 Å². The summed E-state index contributed by atoms with van der Waals surface area (Å²) >= 11 is 0. The number of hydrogen-bond donors (Lipinski definition) is 1. The number of imidazole rings is 1.